The molecular weight excluding hydrogens is 164 g/mol. The van der Waals surface area contributed by atoms with Crippen molar-refractivity contribution in [1.82, 2.24) is 5.32 Å². The van der Waals surface area contributed by atoms with E-state index in [4.69, 9.17) is 5.73 Å². The highest BCUT2D eigenvalue weighted by Crippen LogP contribution is 2.36. The molecular formula is C10H18N2O. The quantitative estimate of drug-likeness (QED) is 0.682. The number of carbonyl (C=O) groups excluding carboxylic acids is 1. The molecule has 74 valence electrons. The van der Waals surface area contributed by atoms with Crippen molar-refractivity contribution in [2.45, 2.75) is 56.5 Å². The van der Waals surface area contributed by atoms with Crippen LogP contribution >= 0.6 is 0 Å². The molecule has 0 unspecified atom stereocenters. The third-order valence-corrected chi connectivity index (χ3v) is 3.30. The van der Waals surface area contributed by atoms with Crippen LogP contribution in [-0.4, -0.2) is 17.0 Å². The molecule has 0 aromatic rings. The van der Waals surface area contributed by atoms with Gasteiger partial charge in [-0.15, -0.1) is 0 Å². The molecule has 2 fully saturated rings. The molecule has 0 atom stereocenters. The lowest BCUT2D eigenvalue weighted by Gasteiger charge is -2.37. The fourth-order valence-electron chi connectivity index (χ4n) is 1.82. The van der Waals surface area contributed by atoms with Crippen molar-refractivity contribution in [2.75, 3.05) is 0 Å². The van der Waals surface area contributed by atoms with E-state index in [0.29, 0.717) is 6.42 Å². The van der Waals surface area contributed by atoms with Crippen molar-refractivity contribution in [1.29, 1.82) is 0 Å². The minimum atomic E-state index is -0.171. The molecule has 3 N–H and O–H groups in total. The normalized spacial score (nSPS) is 27.5. The summed E-state index contributed by atoms with van der Waals surface area (Å²) in [6.45, 7) is 2.09. The van der Waals surface area contributed by atoms with Crippen LogP contribution in [0.2, 0.25) is 0 Å². The number of hydrogen-bond donors (Lipinski definition) is 2. The Balaban J connectivity index is 1.78. The van der Waals surface area contributed by atoms with E-state index in [0.717, 1.165) is 25.7 Å². The highest BCUT2D eigenvalue weighted by Gasteiger charge is 2.41. The minimum absolute atomic E-state index is 0.108. The zero-order valence-corrected chi connectivity index (χ0v) is 8.23. The SMILES string of the molecule is CC1(NC(=O)CC2(N)CCC2)CC1. The van der Waals surface area contributed by atoms with Gasteiger partial charge in [-0.1, -0.05) is 0 Å². The van der Waals surface area contributed by atoms with Crippen molar-refractivity contribution < 1.29 is 4.79 Å². The van der Waals surface area contributed by atoms with Crippen molar-refractivity contribution in [3.8, 4) is 0 Å². The van der Waals surface area contributed by atoms with Crippen LogP contribution in [0.1, 0.15) is 45.4 Å². The Morgan fingerprint density at radius 3 is 2.38 bits per heavy atom. The van der Waals surface area contributed by atoms with Gasteiger partial charge in [-0.25, -0.2) is 0 Å². The molecule has 0 aromatic carbocycles. The summed E-state index contributed by atoms with van der Waals surface area (Å²) in [6, 6.07) is 0. The third-order valence-electron chi connectivity index (χ3n) is 3.30. The molecule has 3 nitrogen and oxygen atoms in total. The summed E-state index contributed by atoms with van der Waals surface area (Å²) < 4.78 is 0. The predicted octanol–water partition coefficient (Wildman–Crippen LogP) is 0.927. The lowest BCUT2D eigenvalue weighted by Crippen LogP contribution is -2.51. The molecule has 0 aromatic heterocycles. The number of hydrogen-bond acceptors (Lipinski definition) is 2. The van der Waals surface area contributed by atoms with E-state index in [1.807, 2.05) is 0 Å². The summed E-state index contributed by atoms with van der Waals surface area (Å²) in [4.78, 5) is 11.5. The van der Waals surface area contributed by atoms with Gasteiger partial charge in [0.15, 0.2) is 0 Å². The number of rotatable bonds is 3. The number of nitrogens with one attached hydrogen (secondary N) is 1. The number of nitrogens with two attached hydrogens (primary N) is 1. The van der Waals surface area contributed by atoms with Crippen LogP contribution in [0.4, 0.5) is 0 Å². The standard InChI is InChI=1S/C10H18N2O/c1-9(5-6-9)12-8(13)7-10(11)3-2-4-10/h2-7,11H2,1H3,(H,12,13). The van der Waals surface area contributed by atoms with Gasteiger partial charge < -0.3 is 11.1 Å². The lowest BCUT2D eigenvalue weighted by molar-refractivity contribution is -0.123. The smallest absolute Gasteiger partial charge is 0.222 e. The molecule has 3 heteroatoms. The Morgan fingerprint density at radius 2 is 2.00 bits per heavy atom. The molecule has 0 heterocycles. The predicted molar refractivity (Wildman–Crippen MR) is 51.2 cm³/mol. The number of carbonyl (C=O) groups is 1. The zero-order valence-electron chi connectivity index (χ0n) is 8.23. The molecule has 2 aliphatic carbocycles. The third kappa shape index (κ3) is 2.02. The van der Waals surface area contributed by atoms with Gasteiger partial charge in [-0.05, 0) is 39.0 Å². The first-order valence-corrected chi connectivity index (χ1v) is 5.11. The van der Waals surface area contributed by atoms with Crippen LogP contribution in [0, 0.1) is 0 Å². The van der Waals surface area contributed by atoms with Gasteiger partial charge in [-0.3, -0.25) is 4.79 Å². The van der Waals surface area contributed by atoms with Gasteiger partial charge in [-0.2, -0.15) is 0 Å². The largest absolute Gasteiger partial charge is 0.351 e. The summed E-state index contributed by atoms with van der Waals surface area (Å²) in [7, 11) is 0. The molecule has 0 spiro atoms. The second-order valence-electron chi connectivity index (χ2n) is 5.00. The highest BCUT2D eigenvalue weighted by molar-refractivity contribution is 5.78. The van der Waals surface area contributed by atoms with E-state index >= 15 is 0 Å². The molecule has 2 rings (SSSR count). The van der Waals surface area contributed by atoms with Gasteiger partial charge in [0.25, 0.3) is 0 Å². The second-order valence-corrected chi connectivity index (χ2v) is 5.00. The fraction of sp³-hybridized carbons (Fsp3) is 0.900. The maximum atomic E-state index is 11.5. The summed E-state index contributed by atoms with van der Waals surface area (Å²) in [5.74, 6) is 0.141. The fourth-order valence-corrected chi connectivity index (χ4v) is 1.82. The van der Waals surface area contributed by atoms with E-state index < -0.39 is 0 Å². The summed E-state index contributed by atoms with van der Waals surface area (Å²) in [5, 5.41) is 3.04. The molecule has 0 aliphatic heterocycles. The Kier molecular flexibility index (Phi) is 1.88. The van der Waals surface area contributed by atoms with E-state index in [1.54, 1.807) is 0 Å². The Labute approximate surface area is 79.1 Å². The van der Waals surface area contributed by atoms with Crippen molar-refractivity contribution in [3.63, 3.8) is 0 Å². The molecule has 0 saturated heterocycles. The average molecular weight is 182 g/mol. The molecule has 0 bridgehead atoms. The van der Waals surface area contributed by atoms with E-state index in [2.05, 4.69) is 12.2 Å². The van der Waals surface area contributed by atoms with Gasteiger partial charge in [0.05, 0.1) is 0 Å². The van der Waals surface area contributed by atoms with Crippen molar-refractivity contribution in [2.24, 2.45) is 5.73 Å². The van der Waals surface area contributed by atoms with Crippen LogP contribution in [0.5, 0.6) is 0 Å². The summed E-state index contributed by atoms with van der Waals surface area (Å²) in [5.41, 5.74) is 5.92. The summed E-state index contributed by atoms with van der Waals surface area (Å²) in [6.07, 6.45) is 5.96. The van der Waals surface area contributed by atoms with Crippen LogP contribution in [0.15, 0.2) is 0 Å². The van der Waals surface area contributed by atoms with Gasteiger partial charge in [0, 0.05) is 17.5 Å². The Bertz CT molecular complexity index is 229. The van der Waals surface area contributed by atoms with Crippen LogP contribution in [-0.2, 0) is 4.79 Å². The first-order valence-electron chi connectivity index (χ1n) is 5.11. The first kappa shape index (κ1) is 9.00. The van der Waals surface area contributed by atoms with E-state index in [9.17, 15) is 4.79 Å². The van der Waals surface area contributed by atoms with E-state index in [1.165, 1.54) is 6.42 Å². The van der Waals surface area contributed by atoms with Gasteiger partial charge in [0.2, 0.25) is 5.91 Å². The Morgan fingerprint density at radius 1 is 1.38 bits per heavy atom. The average Bonchev–Trinajstić information content (AvgIpc) is 2.64. The maximum Gasteiger partial charge on any atom is 0.222 e. The lowest BCUT2D eigenvalue weighted by atomic mass is 9.75. The van der Waals surface area contributed by atoms with Gasteiger partial charge >= 0.3 is 0 Å². The molecule has 1 amide bonds. The zero-order chi connectivity index (χ0) is 9.53. The number of amides is 1. The molecule has 2 saturated carbocycles. The topological polar surface area (TPSA) is 55.1 Å². The van der Waals surface area contributed by atoms with Gasteiger partial charge in [0.1, 0.15) is 0 Å². The van der Waals surface area contributed by atoms with Crippen LogP contribution in [0.25, 0.3) is 0 Å². The van der Waals surface area contributed by atoms with Crippen molar-refractivity contribution in [3.05, 3.63) is 0 Å². The Hall–Kier alpha value is -0.570. The van der Waals surface area contributed by atoms with Crippen LogP contribution < -0.4 is 11.1 Å². The van der Waals surface area contributed by atoms with E-state index in [-0.39, 0.29) is 17.0 Å². The summed E-state index contributed by atoms with van der Waals surface area (Å²) >= 11 is 0. The highest BCUT2D eigenvalue weighted by atomic mass is 16.1. The minimum Gasteiger partial charge on any atom is -0.351 e. The first-order chi connectivity index (χ1) is 6.02. The molecule has 0 radical (unpaired) electrons. The molecule has 2 aliphatic rings. The monoisotopic (exact) mass is 182 g/mol. The second kappa shape index (κ2) is 2.71. The molecule has 13 heavy (non-hydrogen) atoms. The maximum absolute atomic E-state index is 11.5. The van der Waals surface area contributed by atoms with Crippen LogP contribution in [0.3, 0.4) is 0 Å². The van der Waals surface area contributed by atoms with Crippen molar-refractivity contribution >= 4 is 5.91 Å².